The third-order valence-electron chi connectivity index (χ3n) is 4.90. The van der Waals surface area contributed by atoms with E-state index < -0.39 is 0 Å². The van der Waals surface area contributed by atoms with Crippen molar-refractivity contribution in [2.75, 3.05) is 14.2 Å². The second-order valence-electron chi connectivity index (χ2n) is 6.67. The van der Waals surface area contributed by atoms with Gasteiger partial charge in [-0.3, -0.25) is 9.36 Å². The van der Waals surface area contributed by atoms with E-state index in [0.717, 1.165) is 12.0 Å². The summed E-state index contributed by atoms with van der Waals surface area (Å²) in [6.45, 7) is 2.89. The summed E-state index contributed by atoms with van der Waals surface area (Å²) in [5.74, 6) is 1.67. The van der Waals surface area contributed by atoms with Gasteiger partial charge in [0, 0.05) is 13.1 Å². The average molecular weight is 414 g/mol. The molecule has 0 saturated carbocycles. The Bertz CT molecular complexity index is 1300. The second-order valence-corrected chi connectivity index (χ2v) is 7.59. The van der Waals surface area contributed by atoms with E-state index in [0.29, 0.717) is 47.0 Å². The molecule has 1 aromatic carbocycles. The van der Waals surface area contributed by atoms with Crippen molar-refractivity contribution in [3.63, 3.8) is 0 Å². The van der Waals surface area contributed by atoms with Gasteiger partial charge in [0.05, 0.1) is 19.7 Å². The average Bonchev–Trinajstić information content (AvgIpc) is 3.33. The van der Waals surface area contributed by atoms with Crippen LogP contribution in [0.15, 0.2) is 39.2 Å². The predicted molar refractivity (Wildman–Crippen MR) is 113 cm³/mol. The van der Waals surface area contributed by atoms with Crippen LogP contribution in [0.1, 0.15) is 18.9 Å². The summed E-state index contributed by atoms with van der Waals surface area (Å²) in [5.41, 5.74) is 1.26. The van der Waals surface area contributed by atoms with Gasteiger partial charge in [-0.1, -0.05) is 13.0 Å². The van der Waals surface area contributed by atoms with Crippen molar-refractivity contribution in [3.05, 3.63) is 56.0 Å². The first-order valence-corrected chi connectivity index (χ1v) is 10.3. The van der Waals surface area contributed by atoms with Gasteiger partial charge in [-0.05, 0) is 42.0 Å². The van der Waals surface area contributed by atoms with Crippen molar-refractivity contribution in [1.82, 2.24) is 18.7 Å². The van der Waals surface area contributed by atoms with Crippen molar-refractivity contribution < 1.29 is 9.47 Å². The quantitative estimate of drug-likeness (QED) is 0.464. The molecule has 0 radical (unpaired) electrons. The maximum Gasteiger partial charge on any atom is 0.352 e. The lowest BCUT2D eigenvalue weighted by Crippen LogP contribution is -2.26. The molecule has 0 bridgehead atoms. The van der Waals surface area contributed by atoms with E-state index in [1.807, 2.05) is 30.5 Å². The topological polar surface area (TPSA) is 79.8 Å². The molecule has 0 spiro atoms. The molecule has 0 N–H and O–H groups in total. The van der Waals surface area contributed by atoms with Crippen LogP contribution in [-0.2, 0) is 19.5 Å². The molecule has 3 aromatic heterocycles. The zero-order valence-electron chi connectivity index (χ0n) is 16.5. The Morgan fingerprint density at radius 3 is 2.59 bits per heavy atom. The Morgan fingerprint density at radius 2 is 1.86 bits per heavy atom. The van der Waals surface area contributed by atoms with E-state index >= 15 is 0 Å². The summed E-state index contributed by atoms with van der Waals surface area (Å²) in [4.78, 5) is 25.9. The number of aryl methyl sites for hydroxylation is 3. The van der Waals surface area contributed by atoms with Gasteiger partial charge in [0.25, 0.3) is 5.56 Å². The van der Waals surface area contributed by atoms with Crippen LogP contribution in [0.3, 0.4) is 0 Å². The highest BCUT2D eigenvalue weighted by molar-refractivity contribution is 7.17. The Morgan fingerprint density at radius 1 is 1.07 bits per heavy atom. The van der Waals surface area contributed by atoms with Gasteiger partial charge in [-0.25, -0.2) is 13.9 Å². The summed E-state index contributed by atoms with van der Waals surface area (Å²) in [7, 11) is 3.18. The molecule has 9 heteroatoms. The molecule has 29 heavy (non-hydrogen) atoms. The van der Waals surface area contributed by atoms with Gasteiger partial charge < -0.3 is 9.47 Å². The lowest BCUT2D eigenvalue weighted by molar-refractivity contribution is 0.354. The molecule has 0 aliphatic carbocycles. The number of fused-ring (bicyclic) bond motifs is 3. The third kappa shape index (κ3) is 3.21. The first kappa shape index (κ1) is 19.3. The molecule has 0 saturated heterocycles. The monoisotopic (exact) mass is 414 g/mol. The van der Waals surface area contributed by atoms with E-state index in [4.69, 9.17) is 9.47 Å². The fourth-order valence-corrected chi connectivity index (χ4v) is 4.29. The van der Waals surface area contributed by atoms with Gasteiger partial charge in [0.15, 0.2) is 11.5 Å². The van der Waals surface area contributed by atoms with E-state index in [-0.39, 0.29) is 11.2 Å². The summed E-state index contributed by atoms with van der Waals surface area (Å²) in [5, 5.41) is 6.28. The minimum atomic E-state index is -0.217. The molecule has 0 amide bonds. The number of thiophene rings is 1. The van der Waals surface area contributed by atoms with E-state index in [2.05, 4.69) is 5.10 Å². The second kappa shape index (κ2) is 7.75. The number of methoxy groups -OCH3 is 2. The zero-order valence-corrected chi connectivity index (χ0v) is 17.4. The summed E-state index contributed by atoms with van der Waals surface area (Å²) in [6.07, 6.45) is 1.37. The number of hydrogen-bond acceptors (Lipinski definition) is 6. The minimum absolute atomic E-state index is 0.128. The number of benzene rings is 1. The van der Waals surface area contributed by atoms with Crippen molar-refractivity contribution in [2.24, 2.45) is 0 Å². The van der Waals surface area contributed by atoms with Crippen LogP contribution in [0.4, 0.5) is 0 Å². The summed E-state index contributed by atoms with van der Waals surface area (Å²) >= 11 is 1.34. The first-order valence-electron chi connectivity index (χ1n) is 9.39. The molecule has 8 nitrogen and oxygen atoms in total. The molecule has 4 rings (SSSR count). The molecule has 0 unspecified atom stereocenters. The van der Waals surface area contributed by atoms with Gasteiger partial charge >= 0.3 is 5.69 Å². The minimum Gasteiger partial charge on any atom is -0.493 e. The molecule has 0 aliphatic rings. The van der Waals surface area contributed by atoms with Crippen LogP contribution in [0.5, 0.6) is 11.5 Å². The number of ether oxygens (including phenoxy) is 2. The zero-order chi connectivity index (χ0) is 20.5. The molecule has 3 heterocycles. The lowest BCUT2D eigenvalue weighted by Gasteiger charge is -2.11. The van der Waals surface area contributed by atoms with Gasteiger partial charge in [0.2, 0.25) is 5.78 Å². The van der Waals surface area contributed by atoms with Crippen LogP contribution in [-0.4, -0.2) is 33.0 Å². The Hall–Kier alpha value is -3.07. The van der Waals surface area contributed by atoms with E-state index in [9.17, 15) is 9.59 Å². The molecule has 0 aliphatic heterocycles. The maximum atomic E-state index is 13.1. The molecule has 4 aromatic rings. The molecular weight excluding hydrogens is 392 g/mol. The fraction of sp³-hybridized carbons (Fsp3) is 0.350. The van der Waals surface area contributed by atoms with E-state index in [1.54, 1.807) is 24.9 Å². The highest BCUT2D eigenvalue weighted by atomic mass is 32.1. The normalized spacial score (nSPS) is 11.4. The van der Waals surface area contributed by atoms with Gasteiger partial charge in [-0.15, -0.1) is 16.4 Å². The van der Waals surface area contributed by atoms with Crippen molar-refractivity contribution in [2.45, 2.75) is 32.9 Å². The molecular formula is C20H22N4O4S. The number of nitrogens with zero attached hydrogens (tertiary/aromatic N) is 4. The Labute approximate surface area is 170 Å². The van der Waals surface area contributed by atoms with Crippen molar-refractivity contribution in [3.8, 4) is 11.5 Å². The van der Waals surface area contributed by atoms with E-state index in [1.165, 1.54) is 20.4 Å². The van der Waals surface area contributed by atoms with Crippen molar-refractivity contribution >= 4 is 27.3 Å². The number of aromatic nitrogens is 4. The largest absolute Gasteiger partial charge is 0.493 e. The van der Waals surface area contributed by atoms with Crippen molar-refractivity contribution in [1.29, 1.82) is 0 Å². The highest BCUT2D eigenvalue weighted by Crippen LogP contribution is 2.28. The highest BCUT2D eigenvalue weighted by Gasteiger charge is 2.18. The SMILES string of the molecule is CCCn1nc2n(CCc3ccc(OC)c(OC)c3)c(=O)c3sccc3n2c1=O. The standard InChI is InChI=1S/C20H22N4O4S/c1-4-9-23-20(26)24-14-8-11-29-17(14)18(25)22(19(24)21-23)10-7-13-5-6-15(27-2)16(12-13)28-3/h5-6,8,11-12H,4,7,9-10H2,1-3H3. The van der Waals surface area contributed by atoms with Crippen LogP contribution < -0.4 is 20.7 Å². The lowest BCUT2D eigenvalue weighted by atomic mass is 10.1. The number of rotatable bonds is 7. The van der Waals surface area contributed by atoms with Gasteiger partial charge in [-0.2, -0.15) is 0 Å². The third-order valence-corrected chi connectivity index (χ3v) is 5.79. The Kier molecular flexibility index (Phi) is 5.14. The Balaban J connectivity index is 1.80. The smallest absolute Gasteiger partial charge is 0.352 e. The molecule has 152 valence electrons. The maximum absolute atomic E-state index is 13.1. The summed E-state index contributed by atoms with van der Waals surface area (Å²) in [6, 6.07) is 7.48. The first-order chi connectivity index (χ1) is 14.1. The van der Waals surface area contributed by atoms with Gasteiger partial charge in [0.1, 0.15) is 4.70 Å². The predicted octanol–water partition coefficient (Wildman–Crippen LogP) is 2.54. The fourth-order valence-electron chi connectivity index (χ4n) is 3.47. The molecule has 0 atom stereocenters. The van der Waals surface area contributed by atoms with Crippen LogP contribution in [0, 0.1) is 0 Å². The molecule has 0 fully saturated rings. The van der Waals surface area contributed by atoms with Crippen LogP contribution >= 0.6 is 11.3 Å². The number of hydrogen-bond donors (Lipinski definition) is 0. The van der Waals surface area contributed by atoms with Crippen LogP contribution in [0.2, 0.25) is 0 Å². The van der Waals surface area contributed by atoms with Crippen LogP contribution in [0.25, 0.3) is 16.0 Å². The summed E-state index contributed by atoms with van der Waals surface area (Å²) < 4.78 is 15.8.